The zero-order valence-electron chi connectivity index (χ0n) is 12.2. The minimum absolute atomic E-state index is 0.822. The van der Waals surface area contributed by atoms with Crippen molar-refractivity contribution in [1.82, 2.24) is 20.1 Å². The molecule has 0 radical (unpaired) electrons. The fourth-order valence-corrected chi connectivity index (χ4v) is 3.12. The smallest absolute Gasteiger partial charge is 0.147 e. The van der Waals surface area contributed by atoms with Gasteiger partial charge in [-0.05, 0) is 45.4 Å². The number of hydrogen-bond acceptors (Lipinski definition) is 4. The van der Waals surface area contributed by atoms with Crippen LogP contribution in [0.25, 0.3) is 0 Å². The SMILES string of the molecule is CCCNCc1cc(Cn2nc(C)nc2C)c(C)s1. The van der Waals surface area contributed by atoms with Gasteiger partial charge < -0.3 is 5.32 Å². The van der Waals surface area contributed by atoms with Gasteiger partial charge in [-0.15, -0.1) is 11.3 Å². The Morgan fingerprint density at radius 1 is 1.32 bits per heavy atom. The molecular formula is C14H22N4S. The summed E-state index contributed by atoms with van der Waals surface area (Å²) in [6.07, 6.45) is 1.18. The number of rotatable bonds is 6. The molecule has 0 bridgehead atoms. The number of hydrogen-bond donors (Lipinski definition) is 1. The predicted molar refractivity (Wildman–Crippen MR) is 79.7 cm³/mol. The fourth-order valence-electron chi connectivity index (χ4n) is 2.09. The molecule has 0 saturated carbocycles. The van der Waals surface area contributed by atoms with E-state index in [0.29, 0.717) is 0 Å². The second-order valence-corrected chi connectivity index (χ2v) is 6.18. The van der Waals surface area contributed by atoms with Crippen LogP contribution >= 0.6 is 11.3 Å². The molecule has 1 N–H and O–H groups in total. The van der Waals surface area contributed by atoms with Crippen LogP contribution in [-0.4, -0.2) is 21.3 Å². The van der Waals surface area contributed by atoms with Crippen molar-refractivity contribution in [3.8, 4) is 0 Å². The van der Waals surface area contributed by atoms with Crippen LogP contribution in [0.1, 0.15) is 40.3 Å². The van der Waals surface area contributed by atoms with E-state index in [9.17, 15) is 0 Å². The molecule has 0 saturated heterocycles. The van der Waals surface area contributed by atoms with Crippen LogP contribution in [0.2, 0.25) is 0 Å². The molecule has 2 aromatic rings. The lowest BCUT2D eigenvalue weighted by atomic mass is 10.2. The van der Waals surface area contributed by atoms with Gasteiger partial charge in [-0.25, -0.2) is 9.67 Å². The third kappa shape index (κ3) is 3.64. The van der Waals surface area contributed by atoms with Crippen molar-refractivity contribution >= 4 is 11.3 Å². The second kappa shape index (κ2) is 6.30. The van der Waals surface area contributed by atoms with Gasteiger partial charge in [0.25, 0.3) is 0 Å². The van der Waals surface area contributed by atoms with Crippen molar-refractivity contribution in [2.75, 3.05) is 6.54 Å². The second-order valence-electron chi connectivity index (χ2n) is 4.83. The summed E-state index contributed by atoms with van der Waals surface area (Å²) < 4.78 is 1.98. The molecule has 0 aromatic carbocycles. The number of aryl methyl sites for hydroxylation is 3. The van der Waals surface area contributed by atoms with Gasteiger partial charge in [0.1, 0.15) is 11.6 Å². The molecule has 0 atom stereocenters. The number of aromatic nitrogens is 3. The molecule has 0 unspecified atom stereocenters. The van der Waals surface area contributed by atoms with E-state index in [0.717, 1.165) is 31.3 Å². The van der Waals surface area contributed by atoms with Gasteiger partial charge in [0, 0.05) is 16.3 Å². The van der Waals surface area contributed by atoms with E-state index in [4.69, 9.17) is 0 Å². The van der Waals surface area contributed by atoms with Gasteiger partial charge >= 0.3 is 0 Å². The van der Waals surface area contributed by atoms with Gasteiger partial charge in [0.15, 0.2) is 0 Å². The number of thiophene rings is 1. The topological polar surface area (TPSA) is 42.7 Å². The first-order valence-corrected chi connectivity index (χ1v) is 7.58. The van der Waals surface area contributed by atoms with E-state index >= 15 is 0 Å². The van der Waals surface area contributed by atoms with Gasteiger partial charge in [0.2, 0.25) is 0 Å². The summed E-state index contributed by atoms with van der Waals surface area (Å²) in [5.41, 5.74) is 1.35. The molecular weight excluding hydrogens is 256 g/mol. The van der Waals surface area contributed by atoms with Crippen molar-refractivity contribution in [3.63, 3.8) is 0 Å². The Balaban J connectivity index is 2.06. The molecule has 5 heteroatoms. The Hall–Kier alpha value is -1.20. The molecule has 2 aromatic heterocycles. The van der Waals surface area contributed by atoms with Crippen LogP contribution in [0.5, 0.6) is 0 Å². The monoisotopic (exact) mass is 278 g/mol. The quantitative estimate of drug-likeness (QED) is 0.826. The summed E-state index contributed by atoms with van der Waals surface area (Å²) >= 11 is 1.87. The summed E-state index contributed by atoms with van der Waals surface area (Å²) in [7, 11) is 0. The van der Waals surface area contributed by atoms with Crippen molar-refractivity contribution in [3.05, 3.63) is 33.0 Å². The van der Waals surface area contributed by atoms with E-state index < -0.39 is 0 Å². The number of nitrogens with zero attached hydrogens (tertiary/aromatic N) is 3. The van der Waals surface area contributed by atoms with Crippen LogP contribution in [0.4, 0.5) is 0 Å². The Bertz CT molecular complexity index is 542. The van der Waals surface area contributed by atoms with Gasteiger partial charge in [-0.1, -0.05) is 6.92 Å². The Morgan fingerprint density at radius 3 is 2.74 bits per heavy atom. The van der Waals surface area contributed by atoms with Crippen LogP contribution in [0, 0.1) is 20.8 Å². The van der Waals surface area contributed by atoms with Crippen molar-refractivity contribution < 1.29 is 0 Å². The lowest BCUT2D eigenvalue weighted by Gasteiger charge is -2.02. The van der Waals surface area contributed by atoms with Gasteiger partial charge in [-0.2, -0.15) is 5.10 Å². The third-order valence-corrected chi connectivity index (χ3v) is 4.17. The first-order valence-electron chi connectivity index (χ1n) is 6.77. The van der Waals surface area contributed by atoms with Crippen LogP contribution in [0.3, 0.4) is 0 Å². The first-order chi connectivity index (χ1) is 9.10. The molecule has 0 aliphatic heterocycles. The maximum absolute atomic E-state index is 4.43. The Kier molecular flexibility index (Phi) is 4.71. The maximum Gasteiger partial charge on any atom is 0.147 e. The minimum Gasteiger partial charge on any atom is -0.312 e. The zero-order chi connectivity index (χ0) is 13.8. The van der Waals surface area contributed by atoms with Gasteiger partial charge in [-0.3, -0.25) is 0 Å². The van der Waals surface area contributed by atoms with Crippen LogP contribution in [-0.2, 0) is 13.1 Å². The van der Waals surface area contributed by atoms with Crippen LogP contribution < -0.4 is 5.32 Å². The molecule has 19 heavy (non-hydrogen) atoms. The molecule has 4 nitrogen and oxygen atoms in total. The van der Waals surface area contributed by atoms with Gasteiger partial charge in [0.05, 0.1) is 6.54 Å². The molecule has 2 rings (SSSR count). The Morgan fingerprint density at radius 2 is 2.11 bits per heavy atom. The molecule has 0 aliphatic carbocycles. The molecule has 2 heterocycles. The molecule has 0 spiro atoms. The summed E-state index contributed by atoms with van der Waals surface area (Å²) in [5, 5.41) is 7.87. The average molecular weight is 278 g/mol. The number of nitrogens with one attached hydrogen (secondary N) is 1. The standard InChI is InChI=1S/C14H22N4S/c1-5-6-15-8-14-7-13(10(2)19-14)9-18-12(4)16-11(3)17-18/h7,15H,5-6,8-9H2,1-4H3. The van der Waals surface area contributed by atoms with E-state index in [2.05, 4.69) is 35.3 Å². The normalized spacial score (nSPS) is 11.2. The summed E-state index contributed by atoms with van der Waals surface area (Å²) in [6.45, 7) is 11.2. The zero-order valence-corrected chi connectivity index (χ0v) is 13.0. The van der Waals surface area contributed by atoms with E-state index in [1.807, 2.05) is 29.9 Å². The van der Waals surface area contributed by atoms with E-state index in [1.165, 1.54) is 21.7 Å². The maximum atomic E-state index is 4.43. The third-order valence-electron chi connectivity index (χ3n) is 3.08. The molecule has 104 valence electrons. The highest BCUT2D eigenvalue weighted by atomic mass is 32.1. The van der Waals surface area contributed by atoms with Crippen molar-refractivity contribution in [2.45, 2.75) is 47.2 Å². The minimum atomic E-state index is 0.822. The molecule has 0 amide bonds. The highest BCUT2D eigenvalue weighted by Crippen LogP contribution is 2.22. The van der Waals surface area contributed by atoms with Crippen molar-refractivity contribution in [1.29, 1.82) is 0 Å². The highest BCUT2D eigenvalue weighted by molar-refractivity contribution is 7.12. The summed E-state index contributed by atoms with van der Waals surface area (Å²) in [6, 6.07) is 2.29. The lowest BCUT2D eigenvalue weighted by Crippen LogP contribution is -2.12. The Labute approximate surface area is 118 Å². The van der Waals surface area contributed by atoms with Crippen molar-refractivity contribution in [2.24, 2.45) is 0 Å². The average Bonchev–Trinajstić information content (AvgIpc) is 2.84. The fraction of sp³-hybridized carbons (Fsp3) is 0.571. The summed E-state index contributed by atoms with van der Waals surface area (Å²) in [4.78, 5) is 7.12. The predicted octanol–water partition coefficient (Wildman–Crippen LogP) is 2.81. The van der Waals surface area contributed by atoms with E-state index in [1.54, 1.807) is 0 Å². The molecule has 0 aliphatic rings. The molecule has 0 fully saturated rings. The first kappa shape index (κ1) is 14.2. The van der Waals surface area contributed by atoms with Crippen LogP contribution in [0.15, 0.2) is 6.07 Å². The highest BCUT2D eigenvalue weighted by Gasteiger charge is 2.09. The lowest BCUT2D eigenvalue weighted by molar-refractivity contribution is 0.653. The summed E-state index contributed by atoms with van der Waals surface area (Å²) in [5.74, 6) is 1.82. The largest absolute Gasteiger partial charge is 0.312 e. The van der Waals surface area contributed by atoms with E-state index in [-0.39, 0.29) is 0 Å².